The maximum Gasteiger partial charge on any atom is 0.121 e. The number of fused-ring (bicyclic) bond motifs is 5. The Morgan fingerprint density at radius 2 is 1.44 bits per heavy atom. The molecule has 48 heavy (non-hydrogen) atoms. The van der Waals surface area contributed by atoms with Crippen LogP contribution in [0.2, 0.25) is 19.6 Å². The van der Waals surface area contributed by atoms with Gasteiger partial charge in [-0.25, -0.2) is 0 Å². The van der Waals surface area contributed by atoms with Crippen molar-refractivity contribution in [2.45, 2.75) is 33.0 Å². The summed E-state index contributed by atoms with van der Waals surface area (Å²) >= 11 is 0. The number of aryl methyl sites for hydroxylation is 1. The van der Waals surface area contributed by atoms with Crippen LogP contribution < -0.4 is 5.19 Å². The molecule has 3 nitrogen and oxygen atoms in total. The summed E-state index contributed by atoms with van der Waals surface area (Å²) in [6.45, 7) is 9.08. The molecule has 0 fully saturated rings. The first kappa shape index (κ1) is 33.2. The summed E-state index contributed by atoms with van der Waals surface area (Å²) in [6, 6.07) is 48.6. The van der Waals surface area contributed by atoms with E-state index >= 15 is 0 Å². The molecule has 1 radical (unpaired) electrons. The van der Waals surface area contributed by atoms with Gasteiger partial charge in [0, 0.05) is 37.9 Å². The van der Waals surface area contributed by atoms with Gasteiger partial charge in [-0.3, -0.25) is 0 Å². The average molecular weight is 817 g/mol. The van der Waals surface area contributed by atoms with Gasteiger partial charge in [-0.1, -0.05) is 111 Å². The van der Waals surface area contributed by atoms with Crippen LogP contribution in [-0.4, -0.2) is 18.0 Å². The van der Waals surface area contributed by atoms with E-state index in [1.807, 2.05) is 30.6 Å². The van der Waals surface area contributed by atoms with E-state index in [1.165, 1.54) is 32.6 Å². The molecule has 8 aromatic rings. The van der Waals surface area contributed by atoms with E-state index in [9.17, 15) is 0 Å². The van der Waals surface area contributed by atoms with Crippen molar-refractivity contribution in [3.63, 3.8) is 0 Å². The first-order chi connectivity index (χ1) is 22.8. The molecule has 0 spiro atoms. The van der Waals surface area contributed by atoms with Gasteiger partial charge in [0.25, 0.3) is 0 Å². The fourth-order valence-corrected chi connectivity index (χ4v) is 6.90. The topological polar surface area (TPSA) is 38.9 Å². The van der Waals surface area contributed by atoms with Crippen LogP contribution in [0.25, 0.3) is 55.2 Å². The Bertz CT molecular complexity index is 2310. The minimum atomic E-state index is -1.24. The van der Waals surface area contributed by atoms with Crippen LogP contribution in [0, 0.1) is 19.1 Å². The monoisotopic (exact) mass is 817 g/mol. The Kier molecular flexibility index (Phi) is 9.84. The van der Waals surface area contributed by atoms with Gasteiger partial charge in [-0.2, -0.15) is 0 Å². The zero-order valence-corrected chi connectivity index (χ0v) is 30.9. The van der Waals surface area contributed by atoms with E-state index < -0.39 is 8.07 Å². The van der Waals surface area contributed by atoms with Crippen molar-refractivity contribution >= 4 is 46.0 Å². The van der Waals surface area contributed by atoms with Crippen molar-refractivity contribution in [3.05, 3.63) is 163 Å². The predicted octanol–water partition coefficient (Wildman–Crippen LogP) is 10.6. The van der Waals surface area contributed by atoms with Crippen molar-refractivity contribution < 1.29 is 24.5 Å². The quantitative estimate of drug-likeness (QED) is 0.128. The van der Waals surface area contributed by atoms with Crippen LogP contribution in [0.4, 0.5) is 0 Å². The maximum absolute atomic E-state index is 6.10. The third-order valence-electron chi connectivity index (χ3n) is 8.52. The van der Waals surface area contributed by atoms with E-state index in [-0.39, 0.29) is 20.1 Å². The fraction of sp³-hybridized carbons (Fsp3) is 0.116. The number of nitrogens with zero attached hydrogens (tertiary/aromatic N) is 2. The van der Waals surface area contributed by atoms with E-state index in [0.717, 1.165) is 50.9 Å². The van der Waals surface area contributed by atoms with Gasteiger partial charge in [-0.15, -0.1) is 59.2 Å². The first-order valence-corrected chi connectivity index (χ1v) is 19.5. The van der Waals surface area contributed by atoms with Gasteiger partial charge in [0.2, 0.25) is 0 Å². The zero-order valence-electron chi connectivity index (χ0n) is 27.5. The number of pyridine rings is 2. The number of hydrogen-bond donors (Lipinski definition) is 0. The zero-order chi connectivity index (χ0) is 32.4. The molecule has 0 aliphatic rings. The molecule has 5 aromatic carbocycles. The summed E-state index contributed by atoms with van der Waals surface area (Å²) in [5.74, 6) is 0. The molecule has 3 heterocycles. The molecule has 8 rings (SSSR count). The van der Waals surface area contributed by atoms with Gasteiger partial charge in [0.1, 0.15) is 5.58 Å². The summed E-state index contributed by atoms with van der Waals surface area (Å²) in [6.07, 6.45) is 4.79. The van der Waals surface area contributed by atoms with Crippen LogP contribution in [0.5, 0.6) is 0 Å². The smallest absolute Gasteiger partial charge is 0.121 e. The summed E-state index contributed by atoms with van der Waals surface area (Å²) in [4.78, 5) is 9.17. The molecule has 0 amide bonds. The van der Waals surface area contributed by atoms with Gasteiger partial charge < -0.3 is 14.4 Å². The summed E-state index contributed by atoms with van der Waals surface area (Å²) in [5, 5.41) is 6.07. The second-order valence-corrected chi connectivity index (χ2v) is 18.1. The molecule has 0 unspecified atom stereocenters. The molecule has 0 saturated carbocycles. The minimum absolute atomic E-state index is 0. The van der Waals surface area contributed by atoms with Crippen molar-refractivity contribution in [2.75, 3.05) is 0 Å². The van der Waals surface area contributed by atoms with Crippen LogP contribution >= 0.6 is 0 Å². The third kappa shape index (κ3) is 7.24. The molecular formula is C43H36IrN2OSi-2. The van der Waals surface area contributed by atoms with Crippen LogP contribution in [0.1, 0.15) is 16.7 Å². The second kappa shape index (κ2) is 14.2. The summed E-state index contributed by atoms with van der Waals surface area (Å²) < 4.78 is 6.10. The molecule has 0 atom stereocenters. The van der Waals surface area contributed by atoms with E-state index in [1.54, 1.807) is 0 Å². The Morgan fingerprint density at radius 1 is 0.646 bits per heavy atom. The molecule has 0 saturated heterocycles. The fourth-order valence-electron chi connectivity index (χ4n) is 5.86. The average Bonchev–Trinajstić information content (AvgIpc) is 3.48. The Hall–Kier alpha value is -4.67. The largest absolute Gasteiger partial charge is 0.500 e. The maximum atomic E-state index is 6.10. The van der Waals surface area contributed by atoms with Crippen LogP contribution in [-0.2, 0) is 26.5 Å². The predicted molar refractivity (Wildman–Crippen MR) is 199 cm³/mol. The summed E-state index contributed by atoms with van der Waals surface area (Å²) in [5.41, 5.74) is 9.50. The number of aromatic nitrogens is 2. The molecular weight excluding hydrogens is 781 g/mol. The molecule has 239 valence electrons. The molecule has 3 aromatic heterocycles. The standard InChI is InChI=1S/C28H18NO.C15H18NSi.Ir/c1-2-6-19(7-3-1)16-20-14-15-29-25(17-20)22-11-12-26-24(18-22)28-23-9-5-4-8-21(23)10-13-27(28)30-26;1-12-5-7-13(8-6-12)15-10-9-14(11-16-15)17(2,3)4;/h1-10,12-15,17-18H,16H2;5-7,9-11H,1-4H3;/q2*-1;. The molecule has 0 aliphatic carbocycles. The van der Waals surface area contributed by atoms with Crippen molar-refractivity contribution in [2.24, 2.45) is 0 Å². The molecule has 0 aliphatic heterocycles. The van der Waals surface area contributed by atoms with E-state index in [0.29, 0.717) is 0 Å². The number of hydrogen-bond acceptors (Lipinski definition) is 3. The van der Waals surface area contributed by atoms with Crippen molar-refractivity contribution in [1.82, 2.24) is 9.97 Å². The summed E-state index contributed by atoms with van der Waals surface area (Å²) in [7, 11) is -1.24. The molecule has 0 N–H and O–H groups in total. The molecule has 5 heteroatoms. The van der Waals surface area contributed by atoms with Gasteiger partial charge in [0.15, 0.2) is 0 Å². The van der Waals surface area contributed by atoms with Gasteiger partial charge in [-0.05, 0) is 57.0 Å². The Labute approximate surface area is 297 Å². The SMILES string of the molecule is Cc1c[c-]c(-c2ccc([Si](C)(C)C)cn2)cc1.[Ir].[c-]1cc2oc3ccc4ccccc4c3c2cc1-c1cc(Cc2ccccc2)ccn1. The van der Waals surface area contributed by atoms with Crippen LogP contribution in [0.15, 0.2) is 138 Å². The Balaban J connectivity index is 0.000000191. The van der Waals surface area contributed by atoms with Gasteiger partial charge >= 0.3 is 0 Å². The number of furan rings is 1. The second-order valence-electron chi connectivity index (χ2n) is 13.1. The number of rotatable bonds is 5. The molecule has 0 bridgehead atoms. The number of benzene rings is 5. The van der Waals surface area contributed by atoms with Gasteiger partial charge in [0.05, 0.1) is 13.7 Å². The Morgan fingerprint density at radius 3 is 2.19 bits per heavy atom. The van der Waals surface area contributed by atoms with Crippen molar-refractivity contribution in [3.8, 4) is 22.5 Å². The third-order valence-corrected chi connectivity index (χ3v) is 10.5. The van der Waals surface area contributed by atoms with Crippen molar-refractivity contribution in [1.29, 1.82) is 0 Å². The van der Waals surface area contributed by atoms with Crippen LogP contribution in [0.3, 0.4) is 0 Å². The minimum Gasteiger partial charge on any atom is -0.500 e. The van der Waals surface area contributed by atoms with E-state index in [2.05, 4.69) is 152 Å². The normalized spacial score (nSPS) is 11.2. The van der Waals surface area contributed by atoms with E-state index in [4.69, 9.17) is 4.42 Å². The first-order valence-electron chi connectivity index (χ1n) is 16.0.